The first-order chi connectivity index (χ1) is 10.2. The summed E-state index contributed by atoms with van der Waals surface area (Å²) in [7, 11) is 1.45. The van der Waals surface area contributed by atoms with Gasteiger partial charge in [0.15, 0.2) is 0 Å². The highest BCUT2D eigenvalue weighted by Gasteiger charge is 2.27. The first-order valence-corrected chi connectivity index (χ1v) is 7.86. The van der Waals surface area contributed by atoms with Crippen LogP contribution in [0.25, 0.3) is 10.8 Å². The van der Waals surface area contributed by atoms with Gasteiger partial charge >= 0.3 is 5.97 Å². The average molecular weight is 349 g/mol. The minimum atomic E-state index is -0.124. The molecule has 3 rings (SSSR count). The quantitative estimate of drug-likeness (QED) is 0.780. The molecule has 110 valence electrons. The van der Waals surface area contributed by atoms with Gasteiger partial charge in [0.25, 0.3) is 0 Å². The predicted octanol–water partition coefficient (Wildman–Crippen LogP) is 3.39. The number of rotatable bonds is 2. The van der Waals surface area contributed by atoms with Gasteiger partial charge in [0.2, 0.25) is 0 Å². The summed E-state index contributed by atoms with van der Waals surface area (Å²) in [6.45, 7) is 1.59. The zero-order chi connectivity index (χ0) is 14.8. The highest BCUT2D eigenvalue weighted by molar-refractivity contribution is 9.10. The Morgan fingerprint density at radius 2 is 2.24 bits per heavy atom. The first kappa shape index (κ1) is 14.3. The molecule has 1 unspecified atom stereocenters. The van der Waals surface area contributed by atoms with Gasteiger partial charge < -0.3 is 9.64 Å². The lowest BCUT2D eigenvalue weighted by molar-refractivity contribution is -0.145. The minimum Gasteiger partial charge on any atom is -0.469 e. The van der Waals surface area contributed by atoms with Gasteiger partial charge in [0.1, 0.15) is 5.82 Å². The number of pyridine rings is 1. The molecule has 0 bridgehead atoms. The van der Waals surface area contributed by atoms with Gasteiger partial charge in [0, 0.05) is 34.5 Å². The Morgan fingerprint density at radius 1 is 1.38 bits per heavy atom. The number of nitrogens with zero attached hydrogens (tertiary/aromatic N) is 2. The summed E-state index contributed by atoms with van der Waals surface area (Å²) in [5.74, 6) is 0.761. The zero-order valence-electron chi connectivity index (χ0n) is 11.9. The van der Waals surface area contributed by atoms with E-state index < -0.39 is 0 Å². The molecule has 1 aromatic heterocycles. The third-order valence-electron chi connectivity index (χ3n) is 3.99. The van der Waals surface area contributed by atoms with E-state index >= 15 is 0 Å². The van der Waals surface area contributed by atoms with Crippen molar-refractivity contribution in [3.05, 3.63) is 34.9 Å². The molecule has 1 aliphatic heterocycles. The lowest BCUT2D eigenvalue weighted by Crippen LogP contribution is -2.39. The summed E-state index contributed by atoms with van der Waals surface area (Å²) in [6, 6.07) is 8.12. The summed E-state index contributed by atoms with van der Waals surface area (Å²) in [5.41, 5.74) is 0. The van der Waals surface area contributed by atoms with Gasteiger partial charge in [-0.05, 0) is 25.0 Å². The fourth-order valence-electron chi connectivity index (χ4n) is 2.93. The molecule has 1 aliphatic rings. The van der Waals surface area contributed by atoms with Crippen LogP contribution in [0.5, 0.6) is 0 Å². The molecule has 4 nitrogen and oxygen atoms in total. The highest BCUT2D eigenvalue weighted by atomic mass is 79.9. The number of esters is 1. The standard InChI is InChI=1S/C16H17BrN2O2/c1-21-16(20)11-4-3-9-19(10-11)15-13-5-2-6-14(17)12(13)7-8-18-15/h2,5-8,11H,3-4,9-10H2,1H3. The molecule has 0 spiro atoms. The first-order valence-electron chi connectivity index (χ1n) is 7.06. The van der Waals surface area contributed by atoms with Crippen LogP contribution in [0, 0.1) is 5.92 Å². The van der Waals surface area contributed by atoms with Gasteiger partial charge in [-0.15, -0.1) is 0 Å². The lowest BCUT2D eigenvalue weighted by Gasteiger charge is -2.32. The van der Waals surface area contributed by atoms with Crippen molar-refractivity contribution in [2.45, 2.75) is 12.8 Å². The molecule has 1 fully saturated rings. The SMILES string of the molecule is COC(=O)C1CCCN(c2nccc3c(Br)cccc23)C1. The van der Waals surface area contributed by atoms with E-state index in [1.165, 1.54) is 7.11 Å². The van der Waals surface area contributed by atoms with Crippen LogP contribution in [-0.2, 0) is 9.53 Å². The maximum Gasteiger partial charge on any atom is 0.310 e. The number of fused-ring (bicyclic) bond motifs is 1. The normalized spacial score (nSPS) is 18.8. The van der Waals surface area contributed by atoms with Crippen LogP contribution in [0.2, 0.25) is 0 Å². The summed E-state index contributed by atoms with van der Waals surface area (Å²) in [6.07, 6.45) is 3.69. The Hall–Kier alpha value is -1.62. The molecule has 1 atom stereocenters. The molecule has 0 aliphatic carbocycles. The minimum absolute atomic E-state index is 0.0621. The van der Waals surface area contributed by atoms with Gasteiger partial charge in [-0.3, -0.25) is 4.79 Å². The van der Waals surface area contributed by atoms with Gasteiger partial charge in [-0.2, -0.15) is 0 Å². The van der Waals surface area contributed by atoms with Gasteiger partial charge in [-0.25, -0.2) is 4.98 Å². The van der Waals surface area contributed by atoms with Crippen molar-refractivity contribution < 1.29 is 9.53 Å². The number of aromatic nitrogens is 1. The average Bonchev–Trinajstić information content (AvgIpc) is 2.54. The number of carbonyl (C=O) groups is 1. The van der Waals surface area contributed by atoms with Crippen LogP contribution >= 0.6 is 15.9 Å². The second kappa shape index (κ2) is 6.02. The Balaban J connectivity index is 1.97. The van der Waals surface area contributed by atoms with Crippen LogP contribution < -0.4 is 4.90 Å². The highest BCUT2D eigenvalue weighted by Crippen LogP contribution is 2.32. The molecular formula is C16H17BrN2O2. The number of methoxy groups -OCH3 is 1. The van der Waals surface area contributed by atoms with E-state index in [9.17, 15) is 4.79 Å². The third kappa shape index (κ3) is 2.75. The smallest absolute Gasteiger partial charge is 0.310 e. The van der Waals surface area contributed by atoms with Gasteiger partial charge in [0.05, 0.1) is 13.0 Å². The Bertz CT molecular complexity index is 674. The topological polar surface area (TPSA) is 42.4 Å². The van der Waals surface area contributed by atoms with Crippen LogP contribution in [0.15, 0.2) is 34.9 Å². The second-order valence-electron chi connectivity index (χ2n) is 5.28. The Kier molecular flexibility index (Phi) is 4.10. The van der Waals surface area contributed by atoms with Crippen molar-refractivity contribution in [3.63, 3.8) is 0 Å². The fraction of sp³-hybridized carbons (Fsp3) is 0.375. The maximum absolute atomic E-state index is 11.8. The van der Waals surface area contributed by atoms with Crippen LogP contribution in [0.4, 0.5) is 5.82 Å². The van der Waals surface area contributed by atoms with E-state index in [2.05, 4.69) is 31.9 Å². The number of halogens is 1. The molecule has 0 saturated carbocycles. The summed E-state index contributed by atoms with van der Waals surface area (Å²) >= 11 is 3.58. The number of benzene rings is 1. The van der Waals surface area contributed by atoms with Crippen molar-refractivity contribution in [1.29, 1.82) is 0 Å². The molecule has 2 aromatic rings. The predicted molar refractivity (Wildman–Crippen MR) is 86.4 cm³/mol. The van der Waals surface area contributed by atoms with Crippen LogP contribution in [0.3, 0.4) is 0 Å². The fourth-order valence-corrected chi connectivity index (χ4v) is 3.43. The number of hydrogen-bond donors (Lipinski definition) is 0. The van der Waals surface area contributed by atoms with Crippen molar-refractivity contribution in [2.75, 3.05) is 25.1 Å². The van der Waals surface area contributed by atoms with Crippen molar-refractivity contribution in [2.24, 2.45) is 5.92 Å². The van der Waals surface area contributed by atoms with Crippen LogP contribution in [0.1, 0.15) is 12.8 Å². The molecule has 0 amide bonds. The molecule has 1 aromatic carbocycles. The Labute approximate surface area is 132 Å². The Morgan fingerprint density at radius 3 is 3.05 bits per heavy atom. The van der Waals surface area contributed by atoms with E-state index in [-0.39, 0.29) is 11.9 Å². The summed E-state index contributed by atoms with van der Waals surface area (Å²) in [5, 5.41) is 2.25. The van der Waals surface area contributed by atoms with Crippen molar-refractivity contribution in [1.82, 2.24) is 4.98 Å². The number of hydrogen-bond acceptors (Lipinski definition) is 4. The third-order valence-corrected chi connectivity index (χ3v) is 4.68. The number of piperidine rings is 1. The largest absolute Gasteiger partial charge is 0.469 e. The van der Waals surface area contributed by atoms with Crippen molar-refractivity contribution >= 4 is 38.5 Å². The maximum atomic E-state index is 11.8. The monoisotopic (exact) mass is 348 g/mol. The number of ether oxygens (including phenoxy) is 1. The molecule has 5 heteroatoms. The number of anilines is 1. The molecule has 1 saturated heterocycles. The molecule has 0 radical (unpaired) electrons. The summed E-state index contributed by atoms with van der Waals surface area (Å²) < 4.78 is 5.95. The van der Waals surface area contributed by atoms with E-state index in [1.807, 2.05) is 24.4 Å². The van der Waals surface area contributed by atoms with Crippen LogP contribution in [-0.4, -0.2) is 31.2 Å². The molecule has 2 heterocycles. The number of carbonyl (C=O) groups excluding carboxylic acids is 1. The second-order valence-corrected chi connectivity index (χ2v) is 6.13. The zero-order valence-corrected chi connectivity index (χ0v) is 13.5. The van der Waals surface area contributed by atoms with E-state index in [1.54, 1.807) is 0 Å². The lowest BCUT2D eigenvalue weighted by atomic mass is 9.98. The molecule has 21 heavy (non-hydrogen) atoms. The molecule has 0 N–H and O–H groups in total. The van der Waals surface area contributed by atoms with E-state index in [4.69, 9.17) is 4.74 Å². The van der Waals surface area contributed by atoms with Crippen molar-refractivity contribution in [3.8, 4) is 0 Å². The van der Waals surface area contributed by atoms with E-state index in [0.29, 0.717) is 6.54 Å². The van der Waals surface area contributed by atoms with Gasteiger partial charge in [-0.1, -0.05) is 28.1 Å². The van der Waals surface area contributed by atoms with E-state index in [0.717, 1.165) is 40.4 Å². The summed E-state index contributed by atoms with van der Waals surface area (Å²) in [4.78, 5) is 18.5. The molecular weight excluding hydrogens is 332 g/mol.